The van der Waals surface area contributed by atoms with E-state index in [1.807, 2.05) is 13.8 Å². The summed E-state index contributed by atoms with van der Waals surface area (Å²) < 4.78 is 5.18. The molecule has 1 rings (SSSR count). The molecular weight excluding hydrogens is 246 g/mol. The molecule has 1 fully saturated rings. The highest BCUT2D eigenvalue weighted by Crippen LogP contribution is 2.03. The summed E-state index contributed by atoms with van der Waals surface area (Å²) >= 11 is 0. The van der Waals surface area contributed by atoms with Gasteiger partial charge in [0.05, 0.1) is 19.3 Å². The molecule has 1 heterocycles. The molecule has 1 aliphatic rings. The van der Waals surface area contributed by atoms with Gasteiger partial charge in [-0.1, -0.05) is 13.8 Å². The van der Waals surface area contributed by atoms with Crippen molar-refractivity contribution in [2.24, 2.45) is 11.7 Å². The molecule has 1 unspecified atom stereocenters. The van der Waals surface area contributed by atoms with Gasteiger partial charge in [0.15, 0.2) is 0 Å². The topological polar surface area (TPSA) is 84.7 Å². The van der Waals surface area contributed by atoms with E-state index in [9.17, 15) is 9.59 Å². The van der Waals surface area contributed by atoms with Crippen LogP contribution in [0.1, 0.15) is 26.7 Å². The minimum absolute atomic E-state index is 0.0565. The van der Waals surface area contributed by atoms with Crippen LogP contribution in [0, 0.1) is 5.92 Å². The van der Waals surface area contributed by atoms with Gasteiger partial charge in [-0.15, -0.1) is 0 Å². The molecule has 19 heavy (non-hydrogen) atoms. The molecule has 1 aliphatic heterocycles. The van der Waals surface area contributed by atoms with Crippen LogP contribution in [0.4, 0.5) is 0 Å². The van der Waals surface area contributed by atoms with Crippen molar-refractivity contribution in [1.82, 2.24) is 10.2 Å². The summed E-state index contributed by atoms with van der Waals surface area (Å²) in [6.07, 6.45) is 0.976. The molecule has 1 atom stereocenters. The van der Waals surface area contributed by atoms with Gasteiger partial charge in [-0.2, -0.15) is 0 Å². The summed E-state index contributed by atoms with van der Waals surface area (Å²) in [5, 5.41) is 2.72. The average molecular weight is 271 g/mol. The SMILES string of the molecule is CC(C)CC(N)C(=O)NCCC(=O)N1CCOCC1. The zero-order valence-electron chi connectivity index (χ0n) is 11.9. The summed E-state index contributed by atoms with van der Waals surface area (Å²) in [6.45, 7) is 6.86. The van der Waals surface area contributed by atoms with Crippen molar-refractivity contribution >= 4 is 11.8 Å². The minimum atomic E-state index is -0.488. The molecule has 0 aliphatic carbocycles. The molecule has 0 bridgehead atoms. The second-order valence-electron chi connectivity index (χ2n) is 5.27. The Kier molecular flexibility index (Phi) is 6.80. The number of nitrogens with one attached hydrogen (secondary N) is 1. The lowest BCUT2D eigenvalue weighted by Gasteiger charge is -2.27. The molecule has 0 radical (unpaired) electrons. The molecule has 0 aromatic rings. The quantitative estimate of drug-likeness (QED) is 0.696. The standard InChI is InChI=1S/C13H25N3O3/c1-10(2)9-11(14)13(18)15-4-3-12(17)16-5-7-19-8-6-16/h10-11H,3-9,14H2,1-2H3,(H,15,18). The zero-order chi connectivity index (χ0) is 14.3. The third-order valence-electron chi connectivity index (χ3n) is 3.06. The Balaban J connectivity index is 2.18. The number of hydrogen-bond acceptors (Lipinski definition) is 4. The maximum atomic E-state index is 11.8. The normalized spacial score (nSPS) is 17.4. The zero-order valence-corrected chi connectivity index (χ0v) is 11.9. The highest BCUT2D eigenvalue weighted by Gasteiger charge is 2.18. The van der Waals surface area contributed by atoms with Gasteiger partial charge in [-0.25, -0.2) is 0 Å². The van der Waals surface area contributed by atoms with Crippen LogP contribution in [0.5, 0.6) is 0 Å². The maximum absolute atomic E-state index is 11.8. The van der Waals surface area contributed by atoms with Crippen molar-refractivity contribution in [3.63, 3.8) is 0 Å². The van der Waals surface area contributed by atoms with Crippen molar-refractivity contribution in [3.05, 3.63) is 0 Å². The molecule has 6 heteroatoms. The summed E-state index contributed by atoms with van der Waals surface area (Å²) in [5.74, 6) is 0.264. The van der Waals surface area contributed by atoms with Crippen LogP contribution < -0.4 is 11.1 Å². The molecule has 1 saturated heterocycles. The number of carbonyl (C=O) groups is 2. The number of nitrogens with zero attached hydrogens (tertiary/aromatic N) is 1. The van der Waals surface area contributed by atoms with Crippen LogP contribution >= 0.6 is 0 Å². The van der Waals surface area contributed by atoms with E-state index in [1.165, 1.54) is 0 Å². The Labute approximate surface area is 114 Å². The van der Waals surface area contributed by atoms with Crippen LogP contribution in [-0.4, -0.2) is 55.6 Å². The predicted molar refractivity (Wildman–Crippen MR) is 72.5 cm³/mol. The third kappa shape index (κ3) is 6.02. The number of morpholine rings is 1. The second-order valence-corrected chi connectivity index (χ2v) is 5.27. The van der Waals surface area contributed by atoms with Crippen LogP contribution in [0.2, 0.25) is 0 Å². The number of amides is 2. The van der Waals surface area contributed by atoms with E-state index in [-0.39, 0.29) is 11.8 Å². The first-order chi connectivity index (χ1) is 9.00. The van der Waals surface area contributed by atoms with E-state index in [0.29, 0.717) is 51.6 Å². The molecule has 110 valence electrons. The summed E-state index contributed by atoms with van der Waals surface area (Å²) in [5.41, 5.74) is 5.75. The van der Waals surface area contributed by atoms with Gasteiger partial charge in [0.2, 0.25) is 11.8 Å². The lowest BCUT2D eigenvalue weighted by Crippen LogP contribution is -2.44. The summed E-state index contributed by atoms with van der Waals surface area (Å²) in [4.78, 5) is 25.2. The van der Waals surface area contributed by atoms with Crippen molar-refractivity contribution in [2.75, 3.05) is 32.8 Å². The molecule has 0 spiro atoms. The number of rotatable bonds is 6. The Bertz CT molecular complexity index is 302. The largest absolute Gasteiger partial charge is 0.378 e. The van der Waals surface area contributed by atoms with Crippen molar-refractivity contribution in [2.45, 2.75) is 32.7 Å². The average Bonchev–Trinajstić information content (AvgIpc) is 2.38. The minimum Gasteiger partial charge on any atom is -0.378 e. The van der Waals surface area contributed by atoms with Crippen LogP contribution in [0.3, 0.4) is 0 Å². The Morgan fingerprint density at radius 1 is 1.32 bits per heavy atom. The van der Waals surface area contributed by atoms with E-state index in [2.05, 4.69) is 5.32 Å². The third-order valence-corrected chi connectivity index (χ3v) is 3.06. The van der Waals surface area contributed by atoms with Crippen LogP contribution in [-0.2, 0) is 14.3 Å². The van der Waals surface area contributed by atoms with Crippen molar-refractivity contribution < 1.29 is 14.3 Å². The van der Waals surface area contributed by atoms with E-state index >= 15 is 0 Å². The highest BCUT2D eigenvalue weighted by atomic mass is 16.5. The van der Waals surface area contributed by atoms with E-state index in [1.54, 1.807) is 4.90 Å². The van der Waals surface area contributed by atoms with E-state index < -0.39 is 6.04 Å². The van der Waals surface area contributed by atoms with Crippen LogP contribution in [0.25, 0.3) is 0 Å². The fourth-order valence-corrected chi connectivity index (χ4v) is 2.01. The predicted octanol–water partition coefficient (Wildman–Crippen LogP) is -0.275. The van der Waals surface area contributed by atoms with Crippen LogP contribution in [0.15, 0.2) is 0 Å². The fraction of sp³-hybridized carbons (Fsp3) is 0.846. The number of ether oxygens (including phenoxy) is 1. The van der Waals surface area contributed by atoms with Gasteiger partial charge in [0.25, 0.3) is 0 Å². The molecule has 0 saturated carbocycles. The molecule has 0 aromatic heterocycles. The summed E-state index contributed by atoms with van der Waals surface area (Å²) in [6, 6.07) is -0.488. The molecular formula is C13H25N3O3. The Morgan fingerprint density at radius 2 is 1.95 bits per heavy atom. The first kappa shape index (κ1) is 15.9. The first-order valence-electron chi connectivity index (χ1n) is 6.89. The monoisotopic (exact) mass is 271 g/mol. The number of carbonyl (C=O) groups excluding carboxylic acids is 2. The van der Waals surface area contributed by atoms with Crippen molar-refractivity contribution in [3.8, 4) is 0 Å². The summed E-state index contributed by atoms with van der Waals surface area (Å²) in [7, 11) is 0. The van der Waals surface area contributed by atoms with Crippen molar-refractivity contribution in [1.29, 1.82) is 0 Å². The Morgan fingerprint density at radius 3 is 2.53 bits per heavy atom. The number of nitrogens with two attached hydrogens (primary N) is 1. The van der Waals surface area contributed by atoms with E-state index in [0.717, 1.165) is 0 Å². The molecule has 6 nitrogen and oxygen atoms in total. The molecule has 3 N–H and O–H groups in total. The lowest BCUT2D eigenvalue weighted by atomic mass is 10.0. The second kappa shape index (κ2) is 8.12. The van der Waals surface area contributed by atoms with Gasteiger partial charge in [-0.3, -0.25) is 9.59 Å². The van der Waals surface area contributed by atoms with Gasteiger partial charge in [-0.05, 0) is 12.3 Å². The fourth-order valence-electron chi connectivity index (χ4n) is 2.01. The maximum Gasteiger partial charge on any atom is 0.236 e. The smallest absolute Gasteiger partial charge is 0.236 e. The van der Waals surface area contributed by atoms with Gasteiger partial charge >= 0.3 is 0 Å². The van der Waals surface area contributed by atoms with Gasteiger partial charge < -0.3 is 20.7 Å². The number of hydrogen-bond donors (Lipinski definition) is 2. The molecule has 2 amide bonds. The first-order valence-corrected chi connectivity index (χ1v) is 6.89. The molecule has 0 aromatic carbocycles. The Hall–Kier alpha value is -1.14. The van der Waals surface area contributed by atoms with Gasteiger partial charge in [0.1, 0.15) is 0 Å². The lowest BCUT2D eigenvalue weighted by molar-refractivity contribution is -0.135. The van der Waals surface area contributed by atoms with E-state index in [4.69, 9.17) is 10.5 Å². The van der Waals surface area contributed by atoms with Gasteiger partial charge in [0, 0.05) is 26.1 Å². The highest BCUT2D eigenvalue weighted by molar-refractivity contribution is 5.82.